The van der Waals surface area contributed by atoms with Crippen molar-refractivity contribution in [3.8, 4) is 0 Å². The van der Waals surface area contributed by atoms with Crippen LogP contribution >= 0.6 is 0 Å². The van der Waals surface area contributed by atoms with Gasteiger partial charge in [-0.1, -0.05) is 13.3 Å². The molecule has 0 saturated carbocycles. The molecular weight excluding hydrogens is 168 g/mol. The Hall–Kier alpha value is -1.32. The lowest BCUT2D eigenvalue weighted by Gasteiger charge is -2.12. The smallest absolute Gasteiger partial charge is 0.274 e. The van der Waals surface area contributed by atoms with Crippen LogP contribution in [0.2, 0.25) is 0 Å². The molecule has 1 aliphatic heterocycles. The molecule has 1 aliphatic rings. The number of imide groups is 1. The molecule has 4 nitrogen and oxygen atoms in total. The van der Waals surface area contributed by atoms with Gasteiger partial charge in [-0.15, -0.1) is 0 Å². The zero-order chi connectivity index (χ0) is 10.0. The fraction of sp³-hybridized carbons (Fsp3) is 0.556. The van der Waals surface area contributed by atoms with E-state index < -0.39 is 0 Å². The van der Waals surface area contributed by atoms with Crippen molar-refractivity contribution in [3.05, 3.63) is 11.3 Å². The number of amides is 2. The van der Waals surface area contributed by atoms with Crippen LogP contribution in [-0.2, 0) is 9.59 Å². The van der Waals surface area contributed by atoms with E-state index in [-0.39, 0.29) is 11.8 Å². The van der Waals surface area contributed by atoms with Crippen LogP contribution in [0.5, 0.6) is 0 Å². The molecule has 1 heterocycles. The van der Waals surface area contributed by atoms with Crippen molar-refractivity contribution < 1.29 is 9.59 Å². The van der Waals surface area contributed by atoms with Crippen LogP contribution in [0.3, 0.4) is 0 Å². The Bertz CT molecular complexity index is 279. The van der Waals surface area contributed by atoms with Crippen LogP contribution in [0.1, 0.15) is 19.8 Å². The van der Waals surface area contributed by atoms with Crippen molar-refractivity contribution in [2.75, 3.05) is 14.1 Å². The number of hydrogen-bond donors (Lipinski definition) is 1. The summed E-state index contributed by atoms with van der Waals surface area (Å²) < 4.78 is 0. The minimum Gasteiger partial charge on any atom is -0.373 e. The number of nitrogens with one attached hydrogen (secondary N) is 1. The SMILES string of the molecule is CCCC1=C(N(C)C)C(=O)NC1=O. The van der Waals surface area contributed by atoms with E-state index in [1.54, 1.807) is 19.0 Å². The first kappa shape index (κ1) is 9.77. The molecule has 4 heteroatoms. The van der Waals surface area contributed by atoms with Crippen molar-refractivity contribution >= 4 is 11.8 Å². The van der Waals surface area contributed by atoms with Crippen molar-refractivity contribution in [2.45, 2.75) is 19.8 Å². The van der Waals surface area contributed by atoms with Gasteiger partial charge in [0.1, 0.15) is 5.70 Å². The maximum atomic E-state index is 11.3. The van der Waals surface area contributed by atoms with Gasteiger partial charge in [0.25, 0.3) is 11.8 Å². The largest absolute Gasteiger partial charge is 0.373 e. The molecule has 1 rings (SSSR count). The molecule has 0 spiro atoms. The molecule has 0 saturated heterocycles. The first-order valence-corrected chi connectivity index (χ1v) is 4.34. The first-order chi connectivity index (χ1) is 6.07. The molecule has 0 aromatic carbocycles. The predicted molar refractivity (Wildman–Crippen MR) is 48.8 cm³/mol. The van der Waals surface area contributed by atoms with Crippen molar-refractivity contribution in [1.29, 1.82) is 0 Å². The normalized spacial score (nSPS) is 16.5. The van der Waals surface area contributed by atoms with E-state index in [0.29, 0.717) is 17.7 Å². The van der Waals surface area contributed by atoms with Crippen molar-refractivity contribution in [1.82, 2.24) is 10.2 Å². The standard InChI is InChI=1S/C9H14N2O2/c1-4-5-6-7(11(2)3)9(13)10-8(6)12/h4-5H2,1-3H3,(H,10,12,13). The summed E-state index contributed by atoms with van der Waals surface area (Å²) in [5.41, 5.74) is 1.12. The Morgan fingerprint density at radius 3 is 2.31 bits per heavy atom. The highest BCUT2D eigenvalue weighted by molar-refractivity contribution is 6.19. The molecular formula is C9H14N2O2. The molecule has 0 aromatic rings. The summed E-state index contributed by atoms with van der Waals surface area (Å²) in [5, 5.41) is 2.29. The number of nitrogens with zero attached hydrogens (tertiary/aromatic N) is 1. The van der Waals surface area contributed by atoms with E-state index in [4.69, 9.17) is 0 Å². The number of hydrogen-bond acceptors (Lipinski definition) is 3. The fourth-order valence-corrected chi connectivity index (χ4v) is 1.44. The van der Waals surface area contributed by atoms with Crippen LogP contribution in [0.25, 0.3) is 0 Å². The van der Waals surface area contributed by atoms with E-state index in [2.05, 4.69) is 5.32 Å². The summed E-state index contributed by atoms with van der Waals surface area (Å²) in [6.07, 6.45) is 1.53. The highest BCUT2D eigenvalue weighted by Gasteiger charge is 2.30. The average molecular weight is 182 g/mol. The van der Waals surface area contributed by atoms with Crippen LogP contribution in [0, 0.1) is 0 Å². The van der Waals surface area contributed by atoms with E-state index >= 15 is 0 Å². The lowest BCUT2D eigenvalue weighted by atomic mass is 10.1. The highest BCUT2D eigenvalue weighted by atomic mass is 16.2. The minimum absolute atomic E-state index is 0.240. The Morgan fingerprint density at radius 1 is 1.23 bits per heavy atom. The molecule has 0 atom stereocenters. The van der Waals surface area contributed by atoms with Gasteiger partial charge >= 0.3 is 0 Å². The average Bonchev–Trinajstić information content (AvgIpc) is 2.27. The summed E-state index contributed by atoms with van der Waals surface area (Å²) in [6, 6.07) is 0. The third-order valence-corrected chi connectivity index (χ3v) is 1.95. The van der Waals surface area contributed by atoms with Gasteiger partial charge in [-0.3, -0.25) is 14.9 Å². The Morgan fingerprint density at radius 2 is 1.85 bits per heavy atom. The molecule has 0 radical (unpaired) electrons. The van der Waals surface area contributed by atoms with Gasteiger partial charge in [0.05, 0.1) is 0 Å². The number of rotatable bonds is 3. The third kappa shape index (κ3) is 1.71. The van der Waals surface area contributed by atoms with Gasteiger partial charge in [0.2, 0.25) is 0 Å². The summed E-state index contributed by atoms with van der Waals surface area (Å²) in [5.74, 6) is -0.519. The maximum Gasteiger partial charge on any atom is 0.274 e. The van der Waals surface area contributed by atoms with E-state index in [9.17, 15) is 9.59 Å². The number of likely N-dealkylation sites (N-methyl/N-ethyl adjacent to an activating group) is 1. The Kier molecular flexibility index (Phi) is 2.70. The molecule has 0 fully saturated rings. The summed E-state index contributed by atoms with van der Waals surface area (Å²) in [6.45, 7) is 1.98. The Balaban J connectivity index is 3.02. The second kappa shape index (κ2) is 3.60. The number of carbonyl (C=O) groups is 2. The molecule has 13 heavy (non-hydrogen) atoms. The number of carbonyl (C=O) groups excluding carboxylic acids is 2. The summed E-state index contributed by atoms with van der Waals surface area (Å²) in [7, 11) is 3.53. The maximum absolute atomic E-state index is 11.3. The molecule has 1 N–H and O–H groups in total. The van der Waals surface area contributed by atoms with E-state index in [0.717, 1.165) is 6.42 Å². The lowest BCUT2D eigenvalue weighted by Crippen LogP contribution is -2.26. The van der Waals surface area contributed by atoms with Gasteiger partial charge in [-0.2, -0.15) is 0 Å². The second-order valence-electron chi connectivity index (χ2n) is 3.25. The predicted octanol–water partition coefficient (Wildman–Crippen LogP) is 0.259. The molecule has 2 amide bonds. The van der Waals surface area contributed by atoms with Gasteiger partial charge in [0.15, 0.2) is 0 Å². The van der Waals surface area contributed by atoms with Gasteiger partial charge in [-0.05, 0) is 6.42 Å². The summed E-state index contributed by atoms with van der Waals surface area (Å²) >= 11 is 0. The zero-order valence-electron chi connectivity index (χ0n) is 8.18. The van der Waals surface area contributed by atoms with E-state index in [1.807, 2.05) is 6.92 Å². The Labute approximate surface area is 77.6 Å². The lowest BCUT2D eigenvalue weighted by molar-refractivity contribution is -0.124. The second-order valence-corrected chi connectivity index (χ2v) is 3.25. The van der Waals surface area contributed by atoms with Gasteiger partial charge in [0, 0.05) is 19.7 Å². The fourth-order valence-electron chi connectivity index (χ4n) is 1.44. The van der Waals surface area contributed by atoms with Crippen LogP contribution in [0.4, 0.5) is 0 Å². The van der Waals surface area contributed by atoms with Crippen LogP contribution in [-0.4, -0.2) is 30.8 Å². The molecule has 0 bridgehead atoms. The quantitative estimate of drug-likeness (QED) is 0.637. The van der Waals surface area contributed by atoms with Crippen LogP contribution in [0.15, 0.2) is 11.3 Å². The van der Waals surface area contributed by atoms with E-state index in [1.165, 1.54) is 0 Å². The van der Waals surface area contributed by atoms with Crippen LogP contribution < -0.4 is 5.32 Å². The molecule has 0 aromatic heterocycles. The highest BCUT2D eigenvalue weighted by Crippen LogP contribution is 2.18. The third-order valence-electron chi connectivity index (χ3n) is 1.95. The first-order valence-electron chi connectivity index (χ1n) is 4.34. The minimum atomic E-state index is -0.279. The monoisotopic (exact) mass is 182 g/mol. The topological polar surface area (TPSA) is 49.4 Å². The molecule has 72 valence electrons. The molecule has 0 aliphatic carbocycles. The van der Waals surface area contributed by atoms with Gasteiger partial charge in [-0.25, -0.2) is 0 Å². The van der Waals surface area contributed by atoms with Gasteiger partial charge < -0.3 is 4.90 Å². The van der Waals surface area contributed by atoms with Crippen molar-refractivity contribution in [3.63, 3.8) is 0 Å². The molecule has 0 unspecified atom stereocenters. The van der Waals surface area contributed by atoms with Crippen molar-refractivity contribution in [2.24, 2.45) is 0 Å². The zero-order valence-corrected chi connectivity index (χ0v) is 8.18. The summed E-state index contributed by atoms with van der Waals surface area (Å²) in [4.78, 5) is 24.2.